The Hall–Kier alpha value is -2.96. The molecule has 1 saturated heterocycles. The summed E-state index contributed by atoms with van der Waals surface area (Å²) < 4.78 is 13.0. The first-order chi connectivity index (χ1) is 14.6. The summed E-state index contributed by atoms with van der Waals surface area (Å²) >= 11 is 5.93. The molecule has 1 atom stereocenters. The van der Waals surface area contributed by atoms with E-state index in [0.717, 1.165) is 36.9 Å². The lowest BCUT2D eigenvalue weighted by atomic mass is 10.2. The molecule has 2 aromatic carbocycles. The van der Waals surface area contributed by atoms with Gasteiger partial charge < -0.3 is 15.5 Å². The van der Waals surface area contributed by atoms with Crippen LogP contribution in [0.2, 0.25) is 5.02 Å². The molecule has 3 aromatic rings. The van der Waals surface area contributed by atoms with Crippen LogP contribution >= 0.6 is 11.6 Å². The molecule has 0 spiro atoms. The zero-order valence-corrected chi connectivity index (χ0v) is 17.1. The van der Waals surface area contributed by atoms with Gasteiger partial charge in [0.05, 0.1) is 5.56 Å². The van der Waals surface area contributed by atoms with Crippen molar-refractivity contribution < 1.29 is 9.18 Å². The van der Waals surface area contributed by atoms with E-state index in [-0.39, 0.29) is 11.7 Å². The van der Waals surface area contributed by atoms with Crippen molar-refractivity contribution in [1.29, 1.82) is 0 Å². The highest BCUT2D eigenvalue weighted by Gasteiger charge is 2.23. The molecule has 30 heavy (non-hydrogen) atoms. The van der Waals surface area contributed by atoms with Crippen molar-refractivity contribution in [3.63, 3.8) is 0 Å². The van der Waals surface area contributed by atoms with Crippen molar-refractivity contribution >= 4 is 29.0 Å². The monoisotopic (exact) mass is 424 g/mol. The number of hydrogen-bond donors (Lipinski definition) is 2. The van der Waals surface area contributed by atoms with Crippen LogP contribution in [-0.4, -0.2) is 30.0 Å². The van der Waals surface area contributed by atoms with Gasteiger partial charge in [-0.2, -0.15) is 0 Å². The molecule has 2 heterocycles. The number of rotatable bonds is 6. The molecule has 4 rings (SSSR count). The largest absolute Gasteiger partial charge is 0.355 e. The van der Waals surface area contributed by atoms with Gasteiger partial charge in [0.2, 0.25) is 0 Å². The fourth-order valence-electron chi connectivity index (χ4n) is 3.44. The number of halogens is 2. The molecule has 2 N–H and O–H groups in total. The third kappa shape index (κ3) is 5.14. The van der Waals surface area contributed by atoms with E-state index in [1.54, 1.807) is 12.3 Å². The lowest BCUT2D eigenvalue weighted by Crippen LogP contribution is -2.32. The molecule has 5 nitrogen and oxygen atoms in total. The lowest BCUT2D eigenvalue weighted by molar-refractivity contribution is 0.102. The normalized spacial score (nSPS) is 15.9. The van der Waals surface area contributed by atoms with Crippen molar-refractivity contribution in [1.82, 2.24) is 10.3 Å². The molecule has 1 fully saturated rings. The molecule has 7 heteroatoms. The van der Waals surface area contributed by atoms with Gasteiger partial charge in [-0.3, -0.25) is 4.79 Å². The Balaban J connectivity index is 1.30. The standard InChI is InChI=1S/C23H22ClFN4O/c24-18-4-1-16(2-5-18)13-26-21-11-12-29(15-21)22-10-3-17(14-27-22)23(30)28-20-8-6-19(25)7-9-20/h1-10,14,21,26H,11-13,15H2,(H,28,30). The molecule has 0 aliphatic carbocycles. The van der Waals surface area contributed by atoms with E-state index < -0.39 is 0 Å². The molecule has 1 aliphatic heterocycles. The maximum absolute atomic E-state index is 13.0. The Morgan fingerprint density at radius 3 is 2.57 bits per heavy atom. The van der Waals surface area contributed by atoms with E-state index in [4.69, 9.17) is 11.6 Å². The number of pyridine rings is 1. The van der Waals surface area contributed by atoms with Gasteiger partial charge in [0.1, 0.15) is 11.6 Å². The first-order valence-corrected chi connectivity index (χ1v) is 10.2. The van der Waals surface area contributed by atoms with Crippen LogP contribution in [0.25, 0.3) is 0 Å². The number of hydrogen-bond acceptors (Lipinski definition) is 4. The molecule has 1 aromatic heterocycles. The van der Waals surface area contributed by atoms with E-state index in [2.05, 4.69) is 20.5 Å². The summed E-state index contributed by atoms with van der Waals surface area (Å²) in [5.41, 5.74) is 2.20. The van der Waals surface area contributed by atoms with Crippen LogP contribution in [-0.2, 0) is 6.54 Å². The summed E-state index contributed by atoms with van der Waals surface area (Å²) in [6.07, 6.45) is 2.60. The van der Waals surface area contributed by atoms with E-state index in [1.165, 1.54) is 29.8 Å². The van der Waals surface area contributed by atoms with Crippen LogP contribution in [0.1, 0.15) is 22.3 Å². The summed E-state index contributed by atoms with van der Waals surface area (Å²) in [5, 5.41) is 7.06. The van der Waals surface area contributed by atoms with Gasteiger partial charge in [0.25, 0.3) is 5.91 Å². The number of nitrogens with zero attached hydrogens (tertiary/aromatic N) is 2. The van der Waals surface area contributed by atoms with Crippen LogP contribution in [0, 0.1) is 5.82 Å². The van der Waals surface area contributed by atoms with Crippen LogP contribution in [0.15, 0.2) is 66.9 Å². The first-order valence-electron chi connectivity index (χ1n) is 9.82. The summed E-state index contributed by atoms with van der Waals surface area (Å²) in [4.78, 5) is 19.0. The van der Waals surface area contributed by atoms with Gasteiger partial charge >= 0.3 is 0 Å². The van der Waals surface area contributed by atoms with Gasteiger partial charge in [-0.1, -0.05) is 23.7 Å². The number of aromatic nitrogens is 1. The topological polar surface area (TPSA) is 57.3 Å². The Morgan fingerprint density at radius 2 is 1.87 bits per heavy atom. The Bertz CT molecular complexity index is 993. The molecule has 0 saturated carbocycles. The first kappa shape index (κ1) is 20.3. The fourth-order valence-corrected chi connectivity index (χ4v) is 3.57. The average Bonchev–Trinajstić information content (AvgIpc) is 3.24. The summed E-state index contributed by atoms with van der Waals surface area (Å²) in [6, 6.07) is 17.5. The molecular weight excluding hydrogens is 403 g/mol. The average molecular weight is 425 g/mol. The third-order valence-corrected chi connectivity index (χ3v) is 5.38. The van der Waals surface area contributed by atoms with E-state index in [0.29, 0.717) is 17.3 Å². The fraction of sp³-hybridized carbons (Fsp3) is 0.217. The highest BCUT2D eigenvalue weighted by molar-refractivity contribution is 6.30. The molecule has 1 amide bonds. The SMILES string of the molecule is O=C(Nc1ccc(F)cc1)c1ccc(N2CCC(NCc3ccc(Cl)cc3)C2)nc1. The lowest BCUT2D eigenvalue weighted by Gasteiger charge is -2.18. The second-order valence-electron chi connectivity index (χ2n) is 7.31. The minimum absolute atomic E-state index is 0.274. The predicted molar refractivity (Wildman–Crippen MR) is 117 cm³/mol. The highest BCUT2D eigenvalue weighted by atomic mass is 35.5. The van der Waals surface area contributed by atoms with Gasteiger partial charge in [0, 0.05) is 42.6 Å². The van der Waals surface area contributed by atoms with Crippen LogP contribution in [0.3, 0.4) is 0 Å². The van der Waals surface area contributed by atoms with Crippen molar-refractivity contribution in [2.45, 2.75) is 19.0 Å². The zero-order valence-electron chi connectivity index (χ0n) is 16.3. The number of carbonyl (C=O) groups excluding carboxylic acids is 1. The summed E-state index contributed by atoms with van der Waals surface area (Å²) in [7, 11) is 0. The molecule has 154 valence electrons. The number of amides is 1. The Morgan fingerprint density at radius 1 is 1.10 bits per heavy atom. The van der Waals surface area contributed by atoms with E-state index >= 15 is 0 Å². The van der Waals surface area contributed by atoms with Crippen molar-refractivity contribution in [3.05, 3.63) is 88.8 Å². The smallest absolute Gasteiger partial charge is 0.257 e. The van der Waals surface area contributed by atoms with E-state index in [9.17, 15) is 9.18 Å². The molecule has 1 aliphatic rings. The summed E-state index contributed by atoms with van der Waals surface area (Å²) in [5.74, 6) is 0.235. The number of nitrogens with one attached hydrogen (secondary N) is 2. The second kappa shape index (κ2) is 9.24. The predicted octanol–water partition coefficient (Wildman–Crippen LogP) is 4.49. The van der Waals surface area contributed by atoms with Crippen LogP contribution < -0.4 is 15.5 Å². The summed E-state index contributed by atoms with van der Waals surface area (Å²) in [6.45, 7) is 2.57. The van der Waals surface area contributed by atoms with Crippen LogP contribution in [0.4, 0.5) is 15.9 Å². The van der Waals surface area contributed by atoms with Crippen LogP contribution in [0.5, 0.6) is 0 Å². The van der Waals surface area contributed by atoms with Gasteiger partial charge in [-0.15, -0.1) is 0 Å². The third-order valence-electron chi connectivity index (χ3n) is 5.13. The minimum Gasteiger partial charge on any atom is -0.355 e. The Kier molecular flexibility index (Phi) is 6.26. The zero-order chi connectivity index (χ0) is 20.9. The number of carbonyl (C=O) groups is 1. The maximum atomic E-state index is 13.0. The highest BCUT2D eigenvalue weighted by Crippen LogP contribution is 2.19. The van der Waals surface area contributed by atoms with Gasteiger partial charge in [-0.25, -0.2) is 9.37 Å². The second-order valence-corrected chi connectivity index (χ2v) is 7.74. The molecular formula is C23H22ClFN4O. The van der Waals surface area contributed by atoms with Crippen molar-refractivity contribution in [3.8, 4) is 0 Å². The quantitative estimate of drug-likeness (QED) is 0.612. The molecule has 1 unspecified atom stereocenters. The number of anilines is 2. The van der Waals surface area contributed by atoms with Gasteiger partial charge in [0.15, 0.2) is 0 Å². The van der Waals surface area contributed by atoms with E-state index in [1.807, 2.05) is 30.3 Å². The van der Waals surface area contributed by atoms with Gasteiger partial charge in [-0.05, 0) is 60.5 Å². The number of benzene rings is 2. The maximum Gasteiger partial charge on any atom is 0.257 e. The molecule has 0 bridgehead atoms. The molecule has 0 radical (unpaired) electrons. The Labute approximate surface area is 179 Å². The minimum atomic E-state index is -0.342. The van der Waals surface area contributed by atoms with Crippen molar-refractivity contribution in [2.24, 2.45) is 0 Å². The van der Waals surface area contributed by atoms with Crippen molar-refractivity contribution in [2.75, 3.05) is 23.3 Å².